The van der Waals surface area contributed by atoms with Gasteiger partial charge in [0.25, 0.3) is 0 Å². The van der Waals surface area contributed by atoms with Gasteiger partial charge in [-0.05, 0) is 51.8 Å². The van der Waals surface area contributed by atoms with E-state index in [9.17, 15) is 5.11 Å². The van der Waals surface area contributed by atoms with Crippen molar-refractivity contribution >= 4 is 14.2 Å². The number of aliphatic hydroxyl groups is 1. The van der Waals surface area contributed by atoms with E-state index in [-0.39, 0.29) is 6.04 Å². The molecule has 1 aliphatic heterocycles. The zero-order valence-corrected chi connectivity index (χ0v) is 17.6. The van der Waals surface area contributed by atoms with Gasteiger partial charge in [0.1, 0.15) is 0 Å². The van der Waals surface area contributed by atoms with E-state index in [0.717, 1.165) is 17.7 Å². The first-order valence-corrected chi connectivity index (χ1v) is 10.9. The topological polar surface area (TPSA) is 35.5 Å². The smallest absolute Gasteiger partial charge is 0.0971 e. The highest BCUT2D eigenvalue weighted by molar-refractivity contribution is 7.36. The number of hydrogen-bond donors (Lipinski definition) is 2. The van der Waals surface area contributed by atoms with Crippen molar-refractivity contribution in [2.24, 2.45) is 5.92 Å². The predicted octanol–water partition coefficient (Wildman–Crippen LogP) is 4.65. The molecule has 0 bridgehead atoms. The maximum atomic E-state index is 10.8. The molecule has 1 fully saturated rings. The third-order valence-electron chi connectivity index (χ3n) is 5.00. The Bertz CT molecular complexity index is 585. The number of hydrogen-bond acceptors (Lipinski definition) is 3. The largest absolute Gasteiger partial charge is 0.387 e. The molecule has 3 nitrogen and oxygen atoms in total. The molecule has 1 aromatic rings. The Morgan fingerprint density at radius 2 is 2.08 bits per heavy atom. The van der Waals surface area contributed by atoms with Crippen molar-refractivity contribution in [3.05, 3.63) is 47.7 Å². The number of aliphatic hydroxyl groups excluding tert-OH is 1. The van der Waals surface area contributed by atoms with Crippen LogP contribution in [0.2, 0.25) is 0 Å². The normalized spacial score (nSPS) is 21.5. The molecule has 3 atom stereocenters. The lowest BCUT2D eigenvalue weighted by Gasteiger charge is -2.26. The SMILES string of the molecule is CC/C=C(/NC(C=PN1CCCC1C)C(C)C)[C@@H](O)Cc1ccccc1. The van der Waals surface area contributed by atoms with Gasteiger partial charge >= 0.3 is 0 Å². The predicted molar refractivity (Wildman–Crippen MR) is 115 cm³/mol. The van der Waals surface area contributed by atoms with Gasteiger partial charge in [-0.1, -0.05) is 57.2 Å². The van der Waals surface area contributed by atoms with Crippen LogP contribution in [0.15, 0.2) is 42.1 Å². The Balaban J connectivity index is 2.04. The van der Waals surface area contributed by atoms with Gasteiger partial charge in [-0.15, -0.1) is 0 Å². The molecule has 1 aliphatic rings. The van der Waals surface area contributed by atoms with Crippen LogP contribution in [-0.4, -0.2) is 40.3 Å². The zero-order chi connectivity index (χ0) is 18.9. The zero-order valence-electron chi connectivity index (χ0n) is 16.7. The molecule has 0 aliphatic carbocycles. The monoisotopic (exact) mass is 374 g/mol. The number of benzene rings is 1. The number of rotatable bonds is 9. The van der Waals surface area contributed by atoms with Gasteiger partial charge in [-0.25, -0.2) is 0 Å². The molecular formula is C22H35N2OP. The second-order valence-corrected chi connectivity index (χ2v) is 8.65. The van der Waals surface area contributed by atoms with Crippen LogP contribution in [0.1, 0.15) is 52.5 Å². The summed E-state index contributed by atoms with van der Waals surface area (Å²) in [6.45, 7) is 10.1. The second-order valence-electron chi connectivity index (χ2n) is 7.61. The summed E-state index contributed by atoms with van der Waals surface area (Å²) in [5, 5.41) is 14.4. The fourth-order valence-corrected chi connectivity index (χ4v) is 4.61. The molecule has 1 heterocycles. The first kappa shape index (κ1) is 21.2. The summed E-state index contributed by atoms with van der Waals surface area (Å²) in [7, 11) is 1.29. The summed E-state index contributed by atoms with van der Waals surface area (Å²) in [5.74, 6) is 2.84. The van der Waals surface area contributed by atoms with E-state index in [0.29, 0.717) is 18.4 Å². The summed E-state index contributed by atoms with van der Waals surface area (Å²) >= 11 is 0. The second kappa shape index (κ2) is 10.9. The van der Waals surface area contributed by atoms with Gasteiger partial charge < -0.3 is 10.4 Å². The van der Waals surface area contributed by atoms with E-state index in [1.54, 1.807) is 0 Å². The fraction of sp³-hybridized carbons (Fsp3) is 0.591. The van der Waals surface area contributed by atoms with Gasteiger partial charge in [0.05, 0.1) is 12.1 Å². The standard InChI is InChI=1S/C22H35N2OP/c1-5-10-20(22(25)15-19-12-7-6-8-13-19)23-21(17(2)3)16-26-24-14-9-11-18(24)4/h6-8,10,12-13,16-18,21-23,25H,5,9,11,14-15H2,1-4H3/b20-10+/t18?,21?,22-/m0/s1. The van der Waals surface area contributed by atoms with E-state index in [1.807, 2.05) is 18.2 Å². The van der Waals surface area contributed by atoms with Crippen LogP contribution in [0.5, 0.6) is 0 Å². The van der Waals surface area contributed by atoms with Gasteiger partial charge in [-0.3, -0.25) is 4.67 Å². The molecule has 0 aromatic heterocycles. The first-order chi connectivity index (χ1) is 12.5. The van der Waals surface area contributed by atoms with Crippen molar-refractivity contribution in [1.82, 2.24) is 9.99 Å². The third-order valence-corrected chi connectivity index (χ3v) is 6.35. The summed E-state index contributed by atoms with van der Waals surface area (Å²) in [6.07, 6.45) is 5.81. The highest BCUT2D eigenvalue weighted by Crippen LogP contribution is 2.24. The molecule has 4 heteroatoms. The fourth-order valence-electron chi connectivity index (χ4n) is 3.27. The number of allylic oxidation sites excluding steroid dienone is 1. The van der Waals surface area contributed by atoms with Crippen molar-refractivity contribution in [2.75, 3.05) is 6.54 Å². The summed E-state index contributed by atoms with van der Waals surface area (Å²) < 4.78 is 2.53. The van der Waals surface area contributed by atoms with E-state index in [4.69, 9.17) is 0 Å². The van der Waals surface area contributed by atoms with E-state index < -0.39 is 6.10 Å². The highest BCUT2D eigenvalue weighted by Gasteiger charge is 2.20. The molecule has 1 aromatic carbocycles. The average molecular weight is 375 g/mol. The van der Waals surface area contributed by atoms with Crippen molar-refractivity contribution in [2.45, 2.75) is 71.6 Å². The molecule has 144 valence electrons. The molecule has 2 unspecified atom stereocenters. The number of nitrogens with one attached hydrogen (secondary N) is 1. The Hall–Kier alpha value is -1.15. The van der Waals surface area contributed by atoms with E-state index in [1.165, 1.54) is 27.7 Å². The van der Waals surface area contributed by atoms with Crippen LogP contribution in [0.3, 0.4) is 0 Å². The van der Waals surface area contributed by atoms with Gasteiger partial charge in [-0.2, -0.15) is 0 Å². The van der Waals surface area contributed by atoms with Crippen LogP contribution < -0.4 is 5.32 Å². The lowest BCUT2D eigenvalue weighted by Crippen LogP contribution is -2.39. The molecule has 0 amide bonds. The molecule has 2 rings (SSSR count). The van der Waals surface area contributed by atoms with Crippen molar-refractivity contribution < 1.29 is 5.11 Å². The van der Waals surface area contributed by atoms with Crippen LogP contribution in [0, 0.1) is 5.92 Å². The Kier molecular flexibility index (Phi) is 8.84. The minimum Gasteiger partial charge on any atom is -0.387 e. The minimum atomic E-state index is -0.491. The van der Waals surface area contributed by atoms with Gasteiger partial charge in [0.15, 0.2) is 0 Å². The Labute approximate surface area is 161 Å². The molecule has 0 spiro atoms. The Morgan fingerprint density at radius 1 is 1.35 bits per heavy atom. The molecule has 1 saturated heterocycles. The molecular weight excluding hydrogens is 339 g/mol. The Morgan fingerprint density at radius 3 is 2.65 bits per heavy atom. The van der Waals surface area contributed by atoms with E-state index >= 15 is 0 Å². The lowest BCUT2D eigenvalue weighted by molar-refractivity contribution is 0.199. The van der Waals surface area contributed by atoms with Crippen molar-refractivity contribution in [3.8, 4) is 0 Å². The van der Waals surface area contributed by atoms with Gasteiger partial charge in [0.2, 0.25) is 0 Å². The molecule has 26 heavy (non-hydrogen) atoms. The van der Waals surface area contributed by atoms with Crippen LogP contribution in [-0.2, 0) is 6.42 Å². The summed E-state index contributed by atoms with van der Waals surface area (Å²) in [6, 6.07) is 11.2. The lowest BCUT2D eigenvalue weighted by atomic mass is 10.0. The molecule has 0 saturated carbocycles. The van der Waals surface area contributed by atoms with Crippen LogP contribution in [0.4, 0.5) is 0 Å². The first-order valence-electron chi connectivity index (χ1n) is 10.0. The van der Waals surface area contributed by atoms with Crippen LogP contribution in [0.25, 0.3) is 0 Å². The number of nitrogens with zero attached hydrogens (tertiary/aromatic N) is 1. The van der Waals surface area contributed by atoms with Crippen molar-refractivity contribution in [1.29, 1.82) is 0 Å². The summed E-state index contributed by atoms with van der Waals surface area (Å²) in [5.41, 5.74) is 2.12. The third kappa shape index (κ3) is 6.54. The van der Waals surface area contributed by atoms with E-state index in [2.05, 4.69) is 61.7 Å². The maximum Gasteiger partial charge on any atom is 0.0971 e. The maximum absolute atomic E-state index is 10.8. The minimum absolute atomic E-state index is 0.257. The van der Waals surface area contributed by atoms with Crippen LogP contribution >= 0.6 is 8.35 Å². The molecule has 2 N–H and O–H groups in total. The highest BCUT2D eigenvalue weighted by atomic mass is 31.1. The summed E-state index contributed by atoms with van der Waals surface area (Å²) in [4.78, 5) is 0. The van der Waals surface area contributed by atoms with Gasteiger partial charge in [0, 0.05) is 24.7 Å². The quantitative estimate of drug-likeness (QED) is 0.618. The average Bonchev–Trinajstić information content (AvgIpc) is 3.03. The van der Waals surface area contributed by atoms with Crippen molar-refractivity contribution in [3.63, 3.8) is 0 Å². The molecule has 0 radical (unpaired) electrons.